The van der Waals surface area contributed by atoms with Crippen molar-refractivity contribution in [3.05, 3.63) is 0 Å². The van der Waals surface area contributed by atoms with Gasteiger partial charge in [-0.05, 0) is 32.7 Å². The number of amides is 1. The molecule has 4 heteroatoms. The topological polar surface area (TPSA) is 58.4 Å². The molecule has 1 amide bonds. The summed E-state index contributed by atoms with van der Waals surface area (Å²) in [6.07, 6.45) is 3.68. The molecular formula is C11H23N3O. The molecule has 3 unspecified atom stereocenters. The number of carbonyl (C=O) groups excluding carboxylic acids is 1. The third kappa shape index (κ3) is 2.69. The molecule has 4 nitrogen and oxygen atoms in total. The lowest BCUT2D eigenvalue weighted by Crippen LogP contribution is -2.47. The first-order chi connectivity index (χ1) is 7.11. The summed E-state index contributed by atoms with van der Waals surface area (Å²) in [6, 6.07) is 0.925. The molecule has 0 aromatic rings. The first-order valence-corrected chi connectivity index (χ1v) is 5.88. The second-order valence-corrected chi connectivity index (χ2v) is 4.48. The fourth-order valence-electron chi connectivity index (χ4n) is 2.47. The van der Waals surface area contributed by atoms with Crippen LogP contribution in [0, 0.1) is 5.92 Å². The predicted octanol–water partition coefficient (Wildman–Crippen LogP) is 0.875. The Morgan fingerprint density at radius 2 is 2.27 bits per heavy atom. The van der Waals surface area contributed by atoms with Crippen LogP contribution in [0.2, 0.25) is 0 Å². The van der Waals surface area contributed by atoms with Gasteiger partial charge < -0.3 is 0 Å². The molecule has 0 saturated carbocycles. The van der Waals surface area contributed by atoms with Gasteiger partial charge in [-0.2, -0.15) is 0 Å². The molecule has 0 spiro atoms. The zero-order valence-electron chi connectivity index (χ0n) is 9.99. The van der Waals surface area contributed by atoms with Crippen LogP contribution in [0.5, 0.6) is 0 Å². The van der Waals surface area contributed by atoms with Crippen molar-refractivity contribution >= 4 is 5.91 Å². The maximum absolute atomic E-state index is 11.4. The number of rotatable bonds is 4. The van der Waals surface area contributed by atoms with E-state index in [-0.39, 0.29) is 17.9 Å². The minimum Gasteiger partial charge on any atom is -0.297 e. The molecule has 88 valence electrons. The van der Waals surface area contributed by atoms with E-state index >= 15 is 0 Å². The van der Waals surface area contributed by atoms with Crippen molar-refractivity contribution in [2.75, 3.05) is 6.54 Å². The molecule has 0 aliphatic carbocycles. The molecule has 0 aromatic carbocycles. The van der Waals surface area contributed by atoms with Gasteiger partial charge in [0.2, 0.25) is 5.91 Å². The van der Waals surface area contributed by atoms with Crippen molar-refractivity contribution in [2.24, 2.45) is 11.8 Å². The van der Waals surface area contributed by atoms with E-state index in [0.717, 1.165) is 6.54 Å². The number of nitrogens with zero attached hydrogens (tertiary/aromatic N) is 1. The zero-order valence-corrected chi connectivity index (χ0v) is 9.99. The lowest BCUT2D eigenvalue weighted by Gasteiger charge is -2.33. The van der Waals surface area contributed by atoms with Gasteiger partial charge in [0.15, 0.2) is 0 Å². The zero-order chi connectivity index (χ0) is 11.4. The molecule has 0 radical (unpaired) electrons. The van der Waals surface area contributed by atoms with Crippen LogP contribution >= 0.6 is 0 Å². The van der Waals surface area contributed by atoms with Crippen LogP contribution in [0.25, 0.3) is 0 Å². The van der Waals surface area contributed by atoms with Crippen LogP contribution in [0.1, 0.15) is 40.0 Å². The highest BCUT2D eigenvalue weighted by Gasteiger charge is 2.32. The summed E-state index contributed by atoms with van der Waals surface area (Å²) in [6.45, 7) is 7.39. The first kappa shape index (κ1) is 12.5. The van der Waals surface area contributed by atoms with E-state index in [2.05, 4.69) is 24.2 Å². The quantitative estimate of drug-likeness (QED) is 0.414. The number of hydrogen-bond acceptors (Lipinski definition) is 3. The maximum atomic E-state index is 11.4. The van der Waals surface area contributed by atoms with Gasteiger partial charge in [0.1, 0.15) is 0 Å². The summed E-state index contributed by atoms with van der Waals surface area (Å²) >= 11 is 0. The SMILES string of the molecule is CCC1CCCN1C(C)C(C)C(=O)NN. The highest BCUT2D eigenvalue weighted by Crippen LogP contribution is 2.25. The molecule has 1 saturated heterocycles. The Labute approximate surface area is 92.2 Å². The van der Waals surface area contributed by atoms with Gasteiger partial charge in [-0.1, -0.05) is 13.8 Å². The molecule has 0 aromatic heterocycles. The number of nitrogens with one attached hydrogen (secondary N) is 1. The number of hydrazine groups is 1. The summed E-state index contributed by atoms with van der Waals surface area (Å²) in [5, 5.41) is 0. The van der Waals surface area contributed by atoms with Crippen LogP contribution in [-0.4, -0.2) is 29.4 Å². The van der Waals surface area contributed by atoms with Crippen molar-refractivity contribution < 1.29 is 4.79 Å². The number of hydrogen-bond donors (Lipinski definition) is 2. The number of likely N-dealkylation sites (tertiary alicyclic amines) is 1. The van der Waals surface area contributed by atoms with Crippen molar-refractivity contribution in [2.45, 2.75) is 52.1 Å². The van der Waals surface area contributed by atoms with E-state index in [1.165, 1.54) is 19.3 Å². The first-order valence-electron chi connectivity index (χ1n) is 5.88. The highest BCUT2D eigenvalue weighted by molar-refractivity contribution is 5.78. The Hall–Kier alpha value is -0.610. The van der Waals surface area contributed by atoms with Crippen LogP contribution in [0.15, 0.2) is 0 Å². The maximum Gasteiger partial charge on any atom is 0.238 e. The molecule has 1 heterocycles. The summed E-state index contributed by atoms with van der Waals surface area (Å²) in [5.41, 5.74) is 2.24. The molecular weight excluding hydrogens is 190 g/mol. The fourth-order valence-corrected chi connectivity index (χ4v) is 2.47. The fraction of sp³-hybridized carbons (Fsp3) is 0.909. The van der Waals surface area contributed by atoms with Crippen LogP contribution < -0.4 is 11.3 Å². The van der Waals surface area contributed by atoms with Gasteiger partial charge in [0.05, 0.1) is 5.92 Å². The molecule has 3 atom stereocenters. The second-order valence-electron chi connectivity index (χ2n) is 4.48. The molecule has 3 N–H and O–H groups in total. The van der Waals surface area contributed by atoms with Crippen LogP contribution in [0.3, 0.4) is 0 Å². The third-order valence-corrected chi connectivity index (χ3v) is 3.70. The lowest BCUT2D eigenvalue weighted by atomic mass is 10.00. The Morgan fingerprint density at radius 3 is 2.80 bits per heavy atom. The van der Waals surface area contributed by atoms with Gasteiger partial charge in [0, 0.05) is 12.1 Å². The standard InChI is InChI=1S/C11H23N3O/c1-4-10-6-5-7-14(10)9(3)8(2)11(15)13-12/h8-10H,4-7,12H2,1-3H3,(H,13,15). The average molecular weight is 213 g/mol. The van der Waals surface area contributed by atoms with Crippen molar-refractivity contribution in [3.63, 3.8) is 0 Å². The number of carbonyl (C=O) groups is 1. The monoisotopic (exact) mass is 213 g/mol. The predicted molar refractivity (Wildman–Crippen MR) is 61.0 cm³/mol. The van der Waals surface area contributed by atoms with E-state index in [4.69, 9.17) is 5.84 Å². The molecule has 1 aliphatic rings. The van der Waals surface area contributed by atoms with Crippen molar-refractivity contribution in [1.29, 1.82) is 0 Å². The van der Waals surface area contributed by atoms with Gasteiger partial charge in [0.25, 0.3) is 0 Å². The van der Waals surface area contributed by atoms with Gasteiger partial charge in [-0.15, -0.1) is 0 Å². The van der Waals surface area contributed by atoms with E-state index in [9.17, 15) is 4.79 Å². The van der Waals surface area contributed by atoms with E-state index in [0.29, 0.717) is 6.04 Å². The normalized spacial score (nSPS) is 26.3. The summed E-state index contributed by atoms with van der Waals surface area (Å²) < 4.78 is 0. The van der Waals surface area contributed by atoms with Crippen LogP contribution in [0.4, 0.5) is 0 Å². The van der Waals surface area contributed by atoms with Gasteiger partial charge in [-0.3, -0.25) is 15.1 Å². The summed E-state index contributed by atoms with van der Waals surface area (Å²) in [7, 11) is 0. The minimum absolute atomic E-state index is 0.0397. The Bertz CT molecular complexity index is 220. The Morgan fingerprint density at radius 1 is 1.60 bits per heavy atom. The van der Waals surface area contributed by atoms with E-state index in [1.54, 1.807) is 0 Å². The summed E-state index contributed by atoms with van der Waals surface area (Å²) in [5.74, 6) is 5.05. The van der Waals surface area contributed by atoms with Crippen molar-refractivity contribution in [1.82, 2.24) is 10.3 Å². The van der Waals surface area contributed by atoms with Crippen molar-refractivity contribution in [3.8, 4) is 0 Å². The van der Waals surface area contributed by atoms with Gasteiger partial charge in [-0.25, -0.2) is 5.84 Å². The minimum atomic E-state index is -0.0655. The highest BCUT2D eigenvalue weighted by atomic mass is 16.2. The van der Waals surface area contributed by atoms with E-state index < -0.39 is 0 Å². The lowest BCUT2D eigenvalue weighted by molar-refractivity contribution is -0.126. The second kappa shape index (κ2) is 5.47. The van der Waals surface area contributed by atoms with E-state index in [1.807, 2.05) is 6.92 Å². The molecule has 1 aliphatic heterocycles. The summed E-state index contributed by atoms with van der Waals surface area (Å²) in [4.78, 5) is 13.9. The molecule has 0 bridgehead atoms. The smallest absolute Gasteiger partial charge is 0.238 e. The molecule has 1 rings (SSSR count). The third-order valence-electron chi connectivity index (χ3n) is 3.70. The molecule has 15 heavy (non-hydrogen) atoms. The molecule has 1 fully saturated rings. The van der Waals surface area contributed by atoms with Gasteiger partial charge >= 0.3 is 0 Å². The van der Waals surface area contributed by atoms with Crippen LogP contribution in [-0.2, 0) is 4.79 Å². The Kier molecular flexibility index (Phi) is 4.54. The average Bonchev–Trinajstić information content (AvgIpc) is 2.73. The number of nitrogens with two attached hydrogens (primary N) is 1. The Balaban J connectivity index is 2.58. The largest absolute Gasteiger partial charge is 0.297 e.